The van der Waals surface area contributed by atoms with Crippen LogP contribution in [0.15, 0.2) is 18.2 Å². The first kappa shape index (κ1) is 19.1. The van der Waals surface area contributed by atoms with E-state index >= 15 is 0 Å². The number of anilines is 1. The zero-order chi connectivity index (χ0) is 20.9. The second kappa shape index (κ2) is 6.66. The number of hydrogen-bond donors (Lipinski definition) is 3. The minimum atomic E-state index is -1.02. The standard InChI is InChI=1S/C19H20N4O6/c1-29-18(28)19(20)7-10(8-19)21-9-2-3-11-12(6-9)17(27)23(16(11)26)13-4-5-14(24)22-15(13)25/h2-3,6,10,13,21H,4-5,7-8,20H2,1H3,(H,22,24,25). The molecule has 0 spiro atoms. The molecule has 2 fully saturated rings. The molecule has 2 heterocycles. The van der Waals surface area contributed by atoms with Crippen molar-refractivity contribution in [2.24, 2.45) is 5.73 Å². The second-order valence-electron chi connectivity index (χ2n) is 7.60. The topological polar surface area (TPSA) is 148 Å². The number of imide groups is 2. The van der Waals surface area contributed by atoms with E-state index < -0.39 is 41.2 Å². The normalized spacial score (nSPS) is 28.6. The van der Waals surface area contributed by atoms with Crippen molar-refractivity contribution in [3.8, 4) is 0 Å². The molecule has 1 aromatic rings. The van der Waals surface area contributed by atoms with E-state index in [-0.39, 0.29) is 30.0 Å². The van der Waals surface area contributed by atoms with Crippen molar-refractivity contribution in [1.29, 1.82) is 0 Å². The van der Waals surface area contributed by atoms with Gasteiger partial charge in [0.1, 0.15) is 11.6 Å². The molecule has 10 nitrogen and oxygen atoms in total. The first-order chi connectivity index (χ1) is 13.7. The van der Waals surface area contributed by atoms with E-state index in [0.29, 0.717) is 18.5 Å². The van der Waals surface area contributed by atoms with E-state index in [4.69, 9.17) is 10.5 Å². The van der Waals surface area contributed by atoms with Gasteiger partial charge in [-0.15, -0.1) is 0 Å². The van der Waals surface area contributed by atoms with Crippen molar-refractivity contribution in [2.75, 3.05) is 12.4 Å². The molecule has 1 saturated carbocycles. The smallest absolute Gasteiger partial charge is 0.325 e. The van der Waals surface area contributed by atoms with Gasteiger partial charge in [0.25, 0.3) is 11.8 Å². The number of methoxy groups -OCH3 is 1. The number of amides is 4. The summed E-state index contributed by atoms with van der Waals surface area (Å²) < 4.78 is 4.69. The number of ether oxygens (including phenoxy) is 1. The van der Waals surface area contributed by atoms with Crippen molar-refractivity contribution in [1.82, 2.24) is 10.2 Å². The van der Waals surface area contributed by atoms with Crippen LogP contribution in [0.3, 0.4) is 0 Å². The molecule has 152 valence electrons. The SMILES string of the molecule is COC(=O)C1(N)CC(Nc2ccc3c(c2)C(=O)N(C2CCC(=O)NC2=O)C3=O)C1. The number of nitrogens with zero attached hydrogens (tertiary/aromatic N) is 1. The minimum Gasteiger partial charge on any atom is -0.468 e. The Labute approximate surface area is 165 Å². The lowest BCUT2D eigenvalue weighted by atomic mass is 9.73. The zero-order valence-corrected chi connectivity index (χ0v) is 15.7. The van der Waals surface area contributed by atoms with E-state index in [2.05, 4.69) is 10.6 Å². The number of carbonyl (C=O) groups excluding carboxylic acids is 5. The summed E-state index contributed by atoms with van der Waals surface area (Å²) in [5.74, 6) is -2.66. The fourth-order valence-corrected chi connectivity index (χ4v) is 4.09. The maximum atomic E-state index is 12.8. The molecule has 1 aromatic carbocycles. The average molecular weight is 400 g/mol. The number of esters is 1. The summed E-state index contributed by atoms with van der Waals surface area (Å²) in [4.78, 5) is 61.5. The van der Waals surface area contributed by atoms with E-state index in [1.54, 1.807) is 12.1 Å². The lowest BCUT2D eigenvalue weighted by Crippen LogP contribution is -2.62. The van der Waals surface area contributed by atoms with E-state index in [1.807, 2.05) is 0 Å². The van der Waals surface area contributed by atoms with Gasteiger partial charge in [-0.1, -0.05) is 0 Å². The Morgan fingerprint density at radius 3 is 2.55 bits per heavy atom. The molecule has 0 aromatic heterocycles. The van der Waals surface area contributed by atoms with Crippen LogP contribution < -0.4 is 16.4 Å². The van der Waals surface area contributed by atoms with Crippen molar-refractivity contribution in [2.45, 2.75) is 43.3 Å². The summed E-state index contributed by atoms with van der Waals surface area (Å²) in [6.45, 7) is 0. The molecule has 1 unspecified atom stereocenters. The summed E-state index contributed by atoms with van der Waals surface area (Å²) >= 11 is 0. The predicted octanol–water partition coefficient (Wildman–Crippen LogP) is -0.467. The van der Waals surface area contributed by atoms with E-state index in [0.717, 1.165) is 4.90 Å². The molecular formula is C19H20N4O6. The lowest BCUT2D eigenvalue weighted by molar-refractivity contribution is -0.150. The van der Waals surface area contributed by atoms with Crippen LogP contribution in [-0.2, 0) is 19.1 Å². The molecule has 10 heteroatoms. The first-order valence-electron chi connectivity index (χ1n) is 9.23. The molecule has 4 amide bonds. The molecule has 1 saturated heterocycles. The van der Waals surface area contributed by atoms with E-state index in [1.165, 1.54) is 13.2 Å². The lowest BCUT2D eigenvalue weighted by Gasteiger charge is -2.42. The van der Waals surface area contributed by atoms with Gasteiger partial charge in [-0.05, 0) is 37.5 Å². The van der Waals surface area contributed by atoms with Gasteiger partial charge in [0.15, 0.2) is 0 Å². The van der Waals surface area contributed by atoms with Crippen LogP contribution in [0.1, 0.15) is 46.4 Å². The Morgan fingerprint density at radius 2 is 1.90 bits per heavy atom. The van der Waals surface area contributed by atoms with Crippen LogP contribution in [-0.4, -0.2) is 59.2 Å². The Kier molecular flexibility index (Phi) is 4.38. The number of nitrogens with one attached hydrogen (secondary N) is 2. The molecule has 4 rings (SSSR count). The minimum absolute atomic E-state index is 0.0688. The molecule has 1 aliphatic carbocycles. The highest BCUT2D eigenvalue weighted by molar-refractivity contribution is 6.23. The largest absolute Gasteiger partial charge is 0.468 e. The van der Waals surface area contributed by atoms with Crippen LogP contribution >= 0.6 is 0 Å². The molecule has 0 bridgehead atoms. The molecule has 4 N–H and O–H groups in total. The number of piperidine rings is 1. The van der Waals surface area contributed by atoms with E-state index in [9.17, 15) is 24.0 Å². The molecule has 29 heavy (non-hydrogen) atoms. The molecule has 3 aliphatic rings. The van der Waals surface area contributed by atoms with Crippen molar-refractivity contribution < 1.29 is 28.7 Å². The maximum absolute atomic E-state index is 12.8. The van der Waals surface area contributed by atoms with Gasteiger partial charge in [-0.3, -0.25) is 34.2 Å². The van der Waals surface area contributed by atoms with Gasteiger partial charge in [-0.25, -0.2) is 0 Å². The fourth-order valence-electron chi connectivity index (χ4n) is 4.09. The Hall–Kier alpha value is -3.27. The maximum Gasteiger partial charge on any atom is 0.325 e. The van der Waals surface area contributed by atoms with Gasteiger partial charge >= 0.3 is 5.97 Å². The zero-order valence-electron chi connectivity index (χ0n) is 15.7. The summed E-state index contributed by atoms with van der Waals surface area (Å²) in [7, 11) is 1.29. The van der Waals surface area contributed by atoms with Gasteiger partial charge < -0.3 is 15.8 Å². The van der Waals surface area contributed by atoms with Gasteiger partial charge in [0.05, 0.1) is 18.2 Å². The summed E-state index contributed by atoms with van der Waals surface area (Å²) in [6, 6.07) is 3.66. The highest BCUT2D eigenvalue weighted by Gasteiger charge is 2.48. The van der Waals surface area contributed by atoms with Crippen molar-refractivity contribution in [3.05, 3.63) is 29.3 Å². The third-order valence-corrected chi connectivity index (χ3v) is 5.62. The average Bonchev–Trinajstić information content (AvgIpc) is 2.90. The van der Waals surface area contributed by atoms with Crippen molar-refractivity contribution in [3.63, 3.8) is 0 Å². The van der Waals surface area contributed by atoms with Crippen LogP contribution in [0.25, 0.3) is 0 Å². The fraction of sp³-hybridized carbons (Fsp3) is 0.421. The van der Waals surface area contributed by atoms with Crippen LogP contribution in [0.2, 0.25) is 0 Å². The highest BCUT2D eigenvalue weighted by Crippen LogP contribution is 2.35. The first-order valence-corrected chi connectivity index (χ1v) is 9.23. The number of nitrogens with two attached hydrogens (primary N) is 1. The Balaban J connectivity index is 1.49. The second-order valence-corrected chi connectivity index (χ2v) is 7.60. The van der Waals surface area contributed by atoms with Gasteiger partial charge in [0, 0.05) is 18.2 Å². The molecule has 2 aliphatic heterocycles. The third-order valence-electron chi connectivity index (χ3n) is 5.62. The molecule has 0 radical (unpaired) electrons. The predicted molar refractivity (Wildman–Crippen MR) is 98.7 cm³/mol. The monoisotopic (exact) mass is 400 g/mol. The molecular weight excluding hydrogens is 380 g/mol. The van der Waals surface area contributed by atoms with Crippen LogP contribution in [0.5, 0.6) is 0 Å². The Morgan fingerprint density at radius 1 is 1.21 bits per heavy atom. The molecule has 1 atom stereocenters. The summed E-state index contributed by atoms with van der Waals surface area (Å²) in [5.41, 5.74) is 5.96. The van der Waals surface area contributed by atoms with Crippen molar-refractivity contribution >= 4 is 35.3 Å². The van der Waals surface area contributed by atoms with Gasteiger partial charge in [-0.2, -0.15) is 0 Å². The Bertz CT molecular complexity index is 952. The number of carbonyl (C=O) groups is 5. The number of benzene rings is 1. The summed E-state index contributed by atoms with van der Waals surface area (Å²) in [6.07, 6.45) is 0.937. The van der Waals surface area contributed by atoms with Crippen LogP contribution in [0, 0.1) is 0 Å². The quantitative estimate of drug-likeness (QED) is 0.454. The van der Waals surface area contributed by atoms with Gasteiger partial charge in [0.2, 0.25) is 11.8 Å². The number of hydrogen-bond acceptors (Lipinski definition) is 8. The van der Waals surface area contributed by atoms with Crippen LogP contribution in [0.4, 0.5) is 5.69 Å². The highest BCUT2D eigenvalue weighted by atomic mass is 16.5. The number of fused-ring (bicyclic) bond motifs is 1. The third kappa shape index (κ3) is 3.05. The number of rotatable bonds is 4. The summed E-state index contributed by atoms with van der Waals surface area (Å²) in [5, 5.41) is 5.36.